The molecule has 7 heteroatoms. The Labute approximate surface area is 110 Å². The maximum atomic E-state index is 11.6. The van der Waals surface area contributed by atoms with E-state index >= 15 is 0 Å². The van der Waals surface area contributed by atoms with Crippen LogP contribution in [0.4, 0.5) is 0 Å². The van der Waals surface area contributed by atoms with Crippen molar-refractivity contribution in [3.05, 3.63) is 35.9 Å². The number of methoxy groups -OCH3 is 1. The van der Waals surface area contributed by atoms with E-state index in [2.05, 4.69) is 13.9 Å². The summed E-state index contributed by atoms with van der Waals surface area (Å²) in [5, 5.41) is 0.565. The van der Waals surface area contributed by atoms with E-state index in [0.29, 0.717) is 16.5 Å². The van der Waals surface area contributed by atoms with Crippen molar-refractivity contribution in [1.29, 1.82) is 0 Å². The average Bonchev–Trinajstić information content (AvgIpc) is 2.35. The second-order valence-electron chi connectivity index (χ2n) is 3.80. The molecule has 0 saturated heterocycles. The second kappa shape index (κ2) is 4.85. The highest BCUT2D eigenvalue weighted by Gasteiger charge is 2.12. The van der Waals surface area contributed by atoms with E-state index in [-0.39, 0.29) is 5.88 Å². The van der Waals surface area contributed by atoms with Crippen LogP contribution in [-0.2, 0) is 14.9 Å². The van der Waals surface area contributed by atoms with Crippen LogP contribution in [0.3, 0.4) is 0 Å². The van der Waals surface area contributed by atoms with Crippen LogP contribution in [0, 0.1) is 0 Å². The first kappa shape index (κ1) is 13.3. The second-order valence-corrected chi connectivity index (χ2v) is 5.38. The smallest absolute Gasteiger partial charge is 0.338 e. The molecule has 0 unspecified atom stereocenters. The van der Waals surface area contributed by atoms with Crippen molar-refractivity contribution >= 4 is 27.0 Å². The number of aromatic nitrogens is 1. The molecule has 0 amide bonds. The van der Waals surface area contributed by atoms with E-state index in [4.69, 9.17) is 0 Å². The van der Waals surface area contributed by atoms with Gasteiger partial charge < -0.3 is 8.92 Å². The Balaban J connectivity index is 2.54. The number of hydrogen-bond donors (Lipinski definition) is 0. The van der Waals surface area contributed by atoms with Crippen LogP contribution < -0.4 is 4.18 Å². The summed E-state index contributed by atoms with van der Waals surface area (Å²) in [6, 6.07) is 7.83. The Bertz CT molecular complexity index is 739. The Morgan fingerprint density at radius 1 is 1.21 bits per heavy atom. The Morgan fingerprint density at radius 3 is 2.58 bits per heavy atom. The Kier molecular flexibility index (Phi) is 3.39. The SMILES string of the molecule is COC(=O)c1cccc2nc(OS(C)(=O)=O)ccc12. The van der Waals surface area contributed by atoms with E-state index < -0.39 is 16.1 Å². The molecular formula is C12H11NO5S. The van der Waals surface area contributed by atoms with Crippen molar-refractivity contribution in [1.82, 2.24) is 4.98 Å². The zero-order chi connectivity index (χ0) is 14.0. The molecule has 2 rings (SSSR count). The van der Waals surface area contributed by atoms with Gasteiger partial charge in [-0.1, -0.05) is 6.07 Å². The van der Waals surface area contributed by atoms with Crippen molar-refractivity contribution in [2.24, 2.45) is 0 Å². The molecule has 1 heterocycles. The molecule has 0 aliphatic carbocycles. The van der Waals surface area contributed by atoms with Gasteiger partial charge in [0, 0.05) is 11.5 Å². The third-order valence-electron chi connectivity index (χ3n) is 2.35. The van der Waals surface area contributed by atoms with Crippen LogP contribution in [-0.4, -0.2) is 32.7 Å². The standard InChI is InChI=1S/C12H11NO5S/c1-17-12(14)9-4-3-5-10-8(9)6-7-11(13-10)18-19(2,15)16/h3-7H,1-2H3. The Hall–Kier alpha value is -2.15. The zero-order valence-electron chi connectivity index (χ0n) is 10.3. The minimum Gasteiger partial charge on any atom is -0.465 e. The molecule has 1 aromatic heterocycles. The van der Waals surface area contributed by atoms with Crippen LogP contribution >= 0.6 is 0 Å². The van der Waals surface area contributed by atoms with Crippen LogP contribution in [0.5, 0.6) is 5.88 Å². The summed E-state index contributed by atoms with van der Waals surface area (Å²) in [5.74, 6) is -0.527. The van der Waals surface area contributed by atoms with Gasteiger partial charge in [0.2, 0.25) is 5.88 Å². The molecule has 0 spiro atoms. The summed E-state index contributed by atoms with van der Waals surface area (Å²) in [6.07, 6.45) is 0.934. The van der Waals surface area contributed by atoms with Gasteiger partial charge in [-0.05, 0) is 18.2 Å². The fourth-order valence-corrected chi connectivity index (χ4v) is 2.03. The lowest BCUT2D eigenvalue weighted by molar-refractivity contribution is 0.0603. The number of rotatable bonds is 3. The number of benzene rings is 1. The van der Waals surface area contributed by atoms with Gasteiger partial charge in [-0.25, -0.2) is 9.78 Å². The topological polar surface area (TPSA) is 82.6 Å². The molecule has 0 aliphatic rings. The van der Waals surface area contributed by atoms with Gasteiger partial charge in [-0.15, -0.1) is 0 Å². The lowest BCUT2D eigenvalue weighted by Crippen LogP contribution is -2.07. The summed E-state index contributed by atoms with van der Waals surface area (Å²) in [6.45, 7) is 0. The molecule has 100 valence electrons. The molecule has 0 fully saturated rings. The monoisotopic (exact) mass is 281 g/mol. The molecule has 0 radical (unpaired) electrons. The minimum absolute atomic E-state index is 0.0444. The summed E-state index contributed by atoms with van der Waals surface area (Å²) in [7, 11) is -2.34. The maximum absolute atomic E-state index is 11.6. The largest absolute Gasteiger partial charge is 0.465 e. The molecule has 19 heavy (non-hydrogen) atoms. The molecule has 0 N–H and O–H groups in total. The lowest BCUT2D eigenvalue weighted by Gasteiger charge is -2.06. The summed E-state index contributed by atoms with van der Waals surface area (Å²) in [5.41, 5.74) is 0.808. The van der Waals surface area contributed by atoms with Crippen molar-refractivity contribution in [2.75, 3.05) is 13.4 Å². The van der Waals surface area contributed by atoms with Crippen LogP contribution in [0.15, 0.2) is 30.3 Å². The van der Waals surface area contributed by atoms with E-state index in [0.717, 1.165) is 6.26 Å². The third kappa shape index (κ3) is 3.00. The van der Waals surface area contributed by atoms with Crippen LogP contribution in [0.1, 0.15) is 10.4 Å². The lowest BCUT2D eigenvalue weighted by atomic mass is 10.1. The fourth-order valence-electron chi connectivity index (χ4n) is 1.63. The molecule has 0 aliphatic heterocycles. The summed E-state index contributed by atoms with van der Waals surface area (Å²) < 4.78 is 31.4. The number of fused-ring (bicyclic) bond motifs is 1. The zero-order valence-corrected chi connectivity index (χ0v) is 11.1. The number of carbonyl (C=O) groups excluding carboxylic acids is 1. The van der Waals surface area contributed by atoms with Gasteiger partial charge in [0.25, 0.3) is 0 Å². The first-order valence-electron chi connectivity index (χ1n) is 5.28. The van der Waals surface area contributed by atoms with Crippen molar-refractivity contribution < 1.29 is 22.1 Å². The summed E-state index contributed by atoms with van der Waals surface area (Å²) >= 11 is 0. The van der Waals surface area contributed by atoms with E-state index in [1.807, 2.05) is 0 Å². The van der Waals surface area contributed by atoms with E-state index in [1.165, 1.54) is 13.2 Å². The van der Waals surface area contributed by atoms with Gasteiger partial charge >= 0.3 is 16.1 Å². The van der Waals surface area contributed by atoms with Gasteiger partial charge in [-0.2, -0.15) is 8.42 Å². The minimum atomic E-state index is -3.63. The molecule has 0 atom stereocenters. The molecule has 6 nitrogen and oxygen atoms in total. The number of pyridine rings is 1. The van der Waals surface area contributed by atoms with E-state index in [9.17, 15) is 13.2 Å². The van der Waals surface area contributed by atoms with Crippen molar-refractivity contribution in [3.63, 3.8) is 0 Å². The first-order chi connectivity index (χ1) is 8.90. The fraction of sp³-hybridized carbons (Fsp3) is 0.167. The third-order valence-corrected chi connectivity index (χ3v) is 2.82. The Morgan fingerprint density at radius 2 is 1.95 bits per heavy atom. The van der Waals surface area contributed by atoms with Crippen molar-refractivity contribution in [2.45, 2.75) is 0 Å². The molecule has 2 aromatic rings. The summed E-state index contributed by atoms with van der Waals surface area (Å²) in [4.78, 5) is 15.6. The van der Waals surface area contributed by atoms with Crippen LogP contribution in [0.25, 0.3) is 10.9 Å². The number of ether oxygens (including phenoxy) is 1. The molecular weight excluding hydrogens is 270 g/mol. The highest BCUT2D eigenvalue weighted by molar-refractivity contribution is 7.86. The number of hydrogen-bond acceptors (Lipinski definition) is 6. The average molecular weight is 281 g/mol. The quantitative estimate of drug-likeness (QED) is 0.624. The number of nitrogens with zero attached hydrogens (tertiary/aromatic N) is 1. The first-order valence-corrected chi connectivity index (χ1v) is 7.10. The molecule has 1 aromatic carbocycles. The molecule has 0 bridgehead atoms. The van der Waals surface area contributed by atoms with Gasteiger partial charge in [0.15, 0.2) is 0 Å². The predicted octanol–water partition coefficient (Wildman–Crippen LogP) is 1.36. The van der Waals surface area contributed by atoms with E-state index in [1.54, 1.807) is 24.3 Å². The van der Waals surface area contributed by atoms with Crippen molar-refractivity contribution in [3.8, 4) is 5.88 Å². The number of esters is 1. The normalized spacial score (nSPS) is 11.3. The number of carbonyl (C=O) groups is 1. The van der Waals surface area contributed by atoms with Gasteiger partial charge in [0.05, 0.1) is 24.4 Å². The molecule has 0 saturated carbocycles. The van der Waals surface area contributed by atoms with Gasteiger partial charge in [-0.3, -0.25) is 0 Å². The highest BCUT2D eigenvalue weighted by Crippen LogP contribution is 2.21. The maximum Gasteiger partial charge on any atom is 0.338 e. The van der Waals surface area contributed by atoms with Crippen LogP contribution in [0.2, 0.25) is 0 Å². The predicted molar refractivity (Wildman–Crippen MR) is 68.6 cm³/mol. The highest BCUT2D eigenvalue weighted by atomic mass is 32.2. The van der Waals surface area contributed by atoms with Gasteiger partial charge in [0.1, 0.15) is 0 Å².